The third-order valence-corrected chi connectivity index (χ3v) is 4.30. The zero-order valence-electron chi connectivity index (χ0n) is 14.4. The fraction of sp³-hybridized carbons (Fsp3) is 0.278. The molecule has 2 amide bonds. The molecule has 1 saturated heterocycles. The standard InChI is InChI=1S/C18H17N5O4/c24-16-7-13(11-23(16)10-12-3-1-5-19-8-12)17(25)20-9-15-21-18(27-22-15)14-4-2-6-26-14/h1-6,8,13H,7,9-11H2,(H,20,25). The predicted octanol–water partition coefficient (Wildman–Crippen LogP) is 1.39. The van der Waals surface area contributed by atoms with E-state index in [4.69, 9.17) is 8.94 Å². The van der Waals surface area contributed by atoms with Crippen molar-refractivity contribution in [2.24, 2.45) is 5.92 Å². The molecule has 9 nitrogen and oxygen atoms in total. The lowest BCUT2D eigenvalue weighted by Gasteiger charge is -2.16. The topological polar surface area (TPSA) is 114 Å². The molecule has 0 saturated carbocycles. The van der Waals surface area contributed by atoms with E-state index < -0.39 is 5.92 Å². The normalized spacial score (nSPS) is 16.7. The number of aromatic nitrogens is 3. The SMILES string of the molecule is O=C(NCc1noc(-c2ccco2)n1)C1CC(=O)N(Cc2cccnc2)C1. The van der Waals surface area contributed by atoms with Crippen molar-refractivity contribution in [2.45, 2.75) is 19.5 Å². The van der Waals surface area contributed by atoms with Crippen LogP contribution in [0.4, 0.5) is 0 Å². The zero-order chi connectivity index (χ0) is 18.6. The van der Waals surface area contributed by atoms with Gasteiger partial charge in [-0.2, -0.15) is 4.98 Å². The van der Waals surface area contributed by atoms with E-state index in [0.29, 0.717) is 24.7 Å². The van der Waals surface area contributed by atoms with Crippen LogP contribution in [0.15, 0.2) is 51.9 Å². The fourth-order valence-corrected chi connectivity index (χ4v) is 2.95. The molecule has 9 heteroatoms. The van der Waals surface area contributed by atoms with Crippen LogP contribution >= 0.6 is 0 Å². The molecule has 1 aliphatic rings. The molecule has 1 aliphatic heterocycles. The van der Waals surface area contributed by atoms with E-state index in [1.54, 1.807) is 29.4 Å². The second-order valence-electron chi connectivity index (χ2n) is 6.25. The molecule has 3 aromatic heterocycles. The minimum absolute atomic E-state index is 0.0429. The minimum Gasteiger partial charge on any atom is -0.459 e. The van der Waals surface area contributed by atoms with Gasteiger partial charge in [0.25, 0.3) is 5.89 Å². The molecule has 1 atom stereocenters. The molecule has 1 N–H and O–H groups in total. The summed E-state index contributed by atoms with van der Waals surface area (Å²) in [6.07, 6.45) is 5.10. The number of likely N-dealkylation sites (tertiary alicyclic amines) is 1. The third-order valence-electron chi connectivity index (χ3n) is 4.30. The Morgan fingerprint density at radius 2 is 2.26 bits per heavy atom. The molecule has 1 unspecified atom stereocenters. The van der Waals surface area contributed by atoms with Crippen molar-refractivity contribution in [3.63, 3.8) is 0 Å². The van der Waals surface area contributed by atoms with Crippen LogP contribution in [-0.4, -0.2) is 38.4 Å². The number of carbonyl (C=O) groups is 2. The summed E-state index contributed by atoms with van der Waals surface area (Å²) >= 11 is 0. The summed E-state index contributed by atoms with van der Waals surface area (Å²) in [5, 5.41) is 6.57. The average molecular weight is 367 g/mol. The lowest BCUT2D eigenvalue weighted by Crippen LogP contribution is -2.32. The van der Waals surface area contributed by atoms with Crippen LogP contribution in [0.1, 0.15) is 17.8 Å². The molecule has 0 aromatic carbocycles. The first kappa shape index (κ1) is 17.0. The Hall–Kier alpha value is -3.49. The lowest BCUT2D eigenvalue weighted by molar-refractivity contribution is -0.129. The molecule has 0 aliphatic carbocycles. The zero-order valence-corrected chi connectivity index (χ0v) is 14.4. The van der Waals surface area contributed by atoms with Crippen molar-refractivity contribution >= 4 is 11.8 Å². The Kier molecular flexibility index (Phi) is 4.65. The van der Waals surface area contributed by atoms with Gasteiger partial charge in [-0.1, -0.05) is 11.2 Å². The van der Waals surface area contributed by atoms with Crippen molar-refractivity contribution in [2.75, 3.05) is 6.54 Å². The summed E-state index contributed by atoms with van der Waals surface area (Å²) in [5.41, 5.74) is 0.934. The van der Waals surface area contributed by atoms with E-state index in [-0.39, 0.29) is 30.7 Å². The maximum Gasteiger partial charge on any atom is 0.293 e. The third kappa shape index (κ3) is 3.86. The minimum atomic E-state index is -0.398. The summed E-state index contributed by atoms with van der Waals surface area (Å²) in [6.45, 7) is 0.952. The van der Waals surface area contributed by atoms with Gasteiger partial charge in [-0.25, -0.2) is 0 Å². The maximum absolute atomic E-state index is 12.4. The van der Waals surface area contributed by atoms with Gasteiger partial charge in [-0.15, -0.1) is 0 Å². The molecule has 138 valence electrons. The van der Waals surface area contributed by atoms with Gasteiger partial charge in [0.05, 0.1) is 18.7 Å². The summed E-state index contributed by atoms with van der Waals surface area (Å²) in [4.78, 5) is 34.4. The van der Waals surface area contributed by atoms with Gasteiger partial charge < -0.3 is 19.2 Å². The van der Waals surface area contributed by atoms with Gasteiger partial charge in [0, 0.05) is 31.9 Å². The molecule has 0 radical (unpaired) electrons. The maximum atomic E-state index is 12.4. The number of nitrogens with zero attached hydrogens (tertiary/aromatic N) is 4. The average Bonchev–Trinajstić information content (AvgIpc) is 3.42. The molecular weight excluding hydrogens is 350 g/mol. The van der Waals surface area contributed by atoms with Gasteiger partial charge in [0.1, 0.15) is 0 Å². The first-order chi connectivity index (χ1) is 13.2. The van der Waals surface area contributed by atoms with Gasteiger partial charge in [0.15, 0.2) is 11.6 Å². The summed E-state index contributed by atoms with van der Waals surface area (Å²) < 4.78 is 10.3. The first-order valence-corrected chi connectivity index (χ1v) is 8.50. The number of amides is 2. The second-order valence-corrected chi connectivity index (χ2v) is 6.25. The highest BCUT2D eigenvalue weighted by atomic mass is 16.5. The van der Waals surface area contributed by atoms with Gasteiger partial charge in [0.2, 0.25) is 11.8 Å². The first-order valence-electron chi connectivity index (χ1n) is 8.50. The van der Waals surface area contributed by atoms with Crippen LogP contribution in [0.3, 0.4) is 0 Å². The number of pyridine rings is 1. The molecule has 0 bridgehead atoms. The van der Waals surface area contributed by atoms with E-state index in [2.05, 4.69) is 20.4 Å². The highest BCUT2D eigenvalue weighted by molar-refractivity contribution is 5.89. The van der Waals surface area contributed by atoms with E-state index in [0.717, 1.165) is 5.56 Å². The number of hydrogen-bond donors (Lipinski definition) is 1. The molecule has 4 rings (SSSR count). The smallest absolute Gasteiger partial charge is 0.293 e. The van der Waals surface area contributed by atoms with Gasteiger partial charge in [-0.3, -0.25) is 14.6 Å². The van der Waals surface area contributed by atoms with Gasteiger partial charge >= 0.3 is 0 Å². The molecule has 4 heterocycles. The lowest BCUT2D eigenvalue weighted by atomic mass is 10.1. The number of rotatable bonds is 6. The highest BCUT2D eigenvalue weighted by Gasteiger charge is 2.34. The van der Waals surface area contributed by atoms with Crippen LogP contribution in [0, 0.1) is 5.92 Å². The Morgan fingerprint density at radius 1 is 1.33 bits per heavy atom. The predicted molar refractivity (Wildman–Crippen MR) is 91.6 cm³/mol. The molecule has 3 aromatic rings. The van der Waals surface area contributed by atoms with Gasteiger partial charge in [-0.05, 0) is 23.8 Å². The van der Waals surface area contributed by atoms with Crippen molar-refractivity contribution in [1.29, 1.82) is 0 Å². The monoisotopic (exact) mass is 367 g/mol. The van der Waals surface area contributed by atoms with E-state index in [1.165, 1.54) is 6.26 Å². The summed E-state index contributed by atoms with van der Waals surface area (Å²) in [6, 6.07) is 7.15. The van der Waals surface area contributed by atoms with E-state index in [9.17, 15) is 9.59 Å². The molecule has 1 fully saturated rings. The van der Waals surface area contributed by atoms with Crippen molar-refractivity contribution in [3.05, 3.63) is 54.3 Å². The van der Waals surface area contributed by atoms with Crippen molar-refractivity contribution < 1.29 is 18.5 Å². The van der Waals surface area contributed by atoms with Crippen molar-refractivity contribution in [3.8, 4) is 11.7 Å². The molecular formula is C18H17N5O4. The van der Waals surface area contributed by atoms with Crippen LogP contribution in [0.5, 0.6) is 0 Å². The Bertz CT molecular complexity index is 922. The fourth-order valence-electron chi connectivity index (χ4n) is 2.95. The Balaban J connectivity index is 1.30. The van der Waals surface area contributed by atoms with Crippen LogP contribution in [-0.2, 0) is 22.7 Å². The largest absolute Gasteiger partial charge is 0.459 e. The molecule has 0 spiro atoms. The Labute approximate surface area is 154 Å². The van der Waals surface area contributed by atoms with E-state index >= 15 is 0 Å². The van der Waals surface area contributed by atoms with Crippen molar-refractivity contribution in [1.82, 2.24) is 25.3 Å². The van der Waals surface area contributed by atoms with E-state index in [1.807, 2.05) is 12.1 Å². The number of carbonyl (C=O) groups excluding carboxylic acids is 2. The number of furan rings is 1. The quantitative estimate of drug-likeness (QED) is 0.700. The van der Waals surface area contributed by atoms with Crippen LogP contribution < -0.4 is 5.32 Å². The molecule has 27 heavy (non-hydrogen) atoms. The van der Waals surface area contributed by atoms with Crippen LogP contribution in [0.25, 0.3) is 11.7 Å². The number of hydrogen-bond acceptors (Lipinski definition) is 7. The second kappa shape index (κ2) is 7.40. The van der Waals surface area contributed by atoms with Crippen LogP contribution in [0.2, 0.25) is 0 Å². The highest BCUT2D eigenvalue weighted by Crippen LogP contribution is 2.21. The summed E-state index contributed by atoms with van der Waals surface area (Å²) in [5.74, 6) is 0.410. The number of nitrogens with one attached hydrogen (secondary N) is 1. The Morgan fingerprint density at radius 3 is 3.04 bits per heavy atom. The summed E-state index contributed by atoms with van der Waals surface area (Å²) in [7, 11) is 0.